The smallest absolute Gasteiger partial charge is 0.272 e. The summed E-state index contributed by atoms with van der Waals surface area (Å²) in [4.78, 5) is 35.6. The van der Waals surface area contributed by atoms with Gasteiger partial charge in [0.2, 0.25) is 5.91 Å². The Morgan fingerprint density at radius 1 is 1.35 bits per heavy atom. The number of imidazole rings is 1. The maximum Gasteiger partial charge on any atom is 0.272 e. The van der Waals surface area contributed by atoms with Crippen LogP contribution in [0.1, 0.15) is 43.8 Å². The van der Waals surface area contributed by atoms with Crippen molar-refractivity contribution in [2.75, 3.05) is 6.54 Å². The highest BCUT2D eigenvalue weighted by atomic mass is 16.2. The van der Waals surface area contributed by atoms with Crippen LogP contribution in [-0.2, 0) is 11.3 Å². The molecule has 1 aliphatic rings. The molecule has 1 unspecified atom stereocenters. The minimum atomic E-state index is -0.145. The van der Waals surface area contributed by atoms with Gasteiger partial charge in [-0.05, 0) is 25.7 Å². The van der Waals surface area contributed by atoms with Gasteiger partial charge < -0.3 is 9.47 Å². The van der Waals surface area contributed by atoms with E-state index in [1.807, 2.05) is 15.7 Å². The summed E-state index contributed by atoms with van der Waals surface area (Å²) in [5.41, 5.74) is 1.14. The van der Waals surface area contributed by atoms with Crippen molar-refractivity contribution in [2.24, 2.45) is 0 Å². The third kappa shape index (κ3) is 3.26. The Labute approximate surface area is 150 Å². The number of hydrogen-bond acceptors (Lipinski definition) is 4. The number of rotatable bonds is 5. The molecule has 0 aliphatic carbocycles. The molecule has 1 N–H and O–H groups in total. The number of aromatic amines is 1. The number of carbonyl (C=O) groups is 1. The molecule has 3 aromatic rings. The molecule has 1 atom stereocenters. The normalized spacial score (nSPS) is 17.7. The third-order valence-electron chi connectivity index (χ3n) is 4.93. The summed E-state index contributed by atoms with van der Waals surface area (Å²) < 4.78 is 3.38. The van der Waals surface area contributed by atoms with Crippen molar-refractivity contribution in [1.82, 2.24) is 29.0 Å². The molecule has 26 heavy (non-hydrogen) atoms. The topological polar surface area (TPSA) is 88.3 Å². The zero-order valence-electron chi connectivity index (χ0n) is 14.5. The Hall–Kier alpha value is -2.90. The van der Waals surface area contributed by atoms with Gasteiger partial charge in [-0.15, -0.1) is 0 Å². The average molecular weight is 354 g/mol. The summed E-state index contributed by atoms with van der Waals surface area (Å²) in [6, 6.07) is 3.20. The number of aryl methyl sites for hydroxylation is 1. The van der Waals surface area contributed by atoms with E-state index >= 15 is 0 Å². The standard InChI is InChI=1S/C18H22N6O2/c25-17(5-3-9-22-11-8-19-13-22)23-10-2-1-4-15(23)14-12-18(26)24-16(21-14)6-7-20-24/h6-8,11-13,15,20H,1-5,9-10H2. The molecule has 8 nitrogen and oxygen atoms in total. The molecule has 4 heterocycles. The van der Waals surface area contributed by atoms with Crippen LogP contribution in [0, 0.1) is 0 Å². The van der Waals surface area contributed by atoms with Crippen molar-refractivity contribution < 1.29 is 4.79 Å². The molecule has 3 aromatic heterocycles. The van der Waals surface area contributed by atoms with Crippen molar-refractivity contribution in [2.45, 2.75) is 44.7 Å². The molecule has 0 saturated carbocycles. The van der Waals surface area contributed by atoms with Gasteiger partial charge in [0.15, 0.2) is 5.65 Å². The fraction of sp³-hybridized carbons (Fsp3) is 0.444. The molecule has 0 bridgehead atoms. The fourth-order valence-corrected chi connectivity index (χ4v) is 3.63. The first-order valence-electron chi connectivity index (χ1n) is 9.05. The predicted octanol–water partition coefficient (Wildman–Crippen LogP) is 1.75. The van der Waals surface area contributed by atoms with Crippen molar-refractivity contribution in [3.05, 3.63) is 53.1 Å². The number of hydrogen-bond donors (Lipinski definition) is 1. The second-order valence-corrected chi connectivity index (χ2v) is 6.68. The molecular weight excluding hydrogens is 332 g/mol. The van der Waals surface area contributed by atoms with Gasteiger partial charge in [0.25, 0.3) is 5.56 Å². The molecule has 1 saturated heterocycles. The van der Waals surface area contributed by atoms with Gasteiger partial charge in [-0.2, -0.15) is 0 Å². The molecule has 0 aromatic carbocycles. The lowest BCUT2D eigenvalue weighted by Crippen LogP contribution is -2.39. The SMILES string of the molecule is O=C(CCCn1ccnc1)N1CCCCC1c1cc(=O)n2[nH]ccc2n1. The monoisotopic (exact) mass is 354 g/mol. The molecule has 8 heteroatoms. The summed E-state index contributed by atoms with van der Waals surface area (Å²) in [6.45, 7) is 1.50. The van der Waals surface area contributed by atoms with Gasteiger partial charge in [0, 0.05) is 50.2 Å². The Bertz CT molecular complexity index is 942. The number of carbonyl (C=O) groups excluding carboxylic acids is 1. The van der Waals surface area contributed by atoms with Crippen molar-refractivity contribution in [3.63, 3.8) is 0 Å². The molecular formula is C18H22N6O2. The zero-order chi connectivity index (χ0) is 17.9. The lowest BCUT2D eigenvalue weighted by Gasteiger charge is -2.35. The highest BCUT2D eigenvalue weighted by Gasteiger charge is 2.29. The van der Waals surface area contributed by atoms with Crippen molar-refractivity contribution >= 4 is 11.6 Å². The molecule has 1 fully saturated rings. The first-order chi connectivity index (χ1) is 12.7. The van der Waals surface area contributed by atoms with Crippen molar-refractivity contribution in [3.8, 4) is 0 Å². The third-order valence-corrected chi connectivity index (χ3v) is 4.93. The molecule has 136 valence electrons. The number of amides is 1. The molecule has 1 amide bonds. The van der Waals surface area contributed by atoms with E-state index in [2.05, 4.69) is 15.1 Å². The summed E-state index contributed by atoms with van der Waals surface area (Å²) >= 11 is 0. The highest BCUT2D eigenvalue weighted by molar-refractivity contribution is 5.76. The number of likely N-dealkylation sites (tertiary alicyclic amines) is 1. The van der Waals surface area contributed by atoms with E-state index in [0.29, 0.717) is 17.8 Å². The van der Waals surface area contributed by atoms with E-state index < -0.39 is 0 Å². The molecule has 4 rings (SSSR count). The van der Waals surface area contributed by atoms with Crippen molar-refractivity contribution in [1.29, 1.82) is 0 Å². The van der Waals surface area contributed by atoms with Crippen LogP contribution < -0.4 is 5.56 Å². The number of aromatic nitrogens is 5. The zero-order valence-corrected chi connectivity index (χ0v) is 14.5. The van der Waals surface area contributed by atoms with Crippen LogP contribution in [0.15, 0.2) is 41.8 Å². The van der Waals surface area contributed by atoms with Gasteiger partial charge in [-0.1, -0.05) is 0 Å². The average Bonchev–Trinajstić information content (AvgIpc) is 3.33. The molecule has 1 aliphatic heterocycles. The Balaban J connectivity index is 1.49. The summed E-state index contributed by atoms with van der Waals surface area (Å²) in [5, 5.41) is 2.85. The summed E-state index contributed by atoms with van der Waals surface area (Å²) in [7, 11) is 0. The quantitative estimate of drug-likeness (QED) is 0.756. The van der Waals surface area contributed by atoms with Crippen LogP contribution >= 0.6 is 0 Å². The van der Waals surface area contributed by atoms with Crippen LogP contribution in [0.4, 0.5) is 0 Å². The second kappa shape index (κ2) is 7.15. The van der Waals surface area contributed by atoms with Gasteiger partial charge in [0.05, 0.1) is 18.1 Å². The van der Waals surface area contributed by atoms with Gasteiger partial charge in [-0.25, -0.2) is 14.5 Å². The minimum absolute atomic E-state index is 0.114. The predicted molar refractivity (Wildman–Crippen MR) is 95.6 cm³/mol. The lowest BCUT2D eigenvalue weighted by atomic mass is 9.98. The Morgan fingerprint density at radius 2 is 2.27 bits per heavy atom. The second-order valence-electron chi connectivity index (χ2n) is 6.68. The maximum atomic E-state index is 12.8. The van der Waals surface area contributed by atoms with Crippen LogP contribution in [0.5, 0.6) is 0 Å². The van der Waals surface area contributed by atoms with E-state index in [1.165, 1.54) is 4.52 Å². The van der Waals surface area contributed by atoms with E-state index in [-0.39, 0.29) is 17.5 Å². The number of piperidine rings is 1. The Kier molecular flexibility index (Phi) is 4.55. The fourth-order valence-electron chi connectivity index (χ4n) is 3.63. The number of H-pyrrole nitrogens is 1. The van der Waals surface area contributed by atoms with Crippen LogP contribution in [-0.4, -0.2) is 41.5 Å². The first kappa shape index (κ1) is 16.6. The van der Waals surface area contributed by atoms with Gasteiger partial charge >= 0.3 is 0 Å². The van der Waals surface area contributed by atoms with Crippen LogP contribution in [0.25, 0.3) is 5.65 Å². The molecule has 0 spiro atoms. The van der Waals surface area contributed by atoms with Gasteiger partial charge in [0.1, 0.15) is 0 Å². The lowest BCUT2D eigenvalue weighted by molar-refractivity contribution is -0.135. The minimum Gasteiger partial charge on any atom is -0.337 e. The van der Waals surface area contributed by atoms with E-state index in [1.54, 1.807) is 30.9 Å². The van der Waals surface area contributed by atoms with E-state index in [9.17, 15) is 9.59 Å². The van der Waals surface area contributed by atoms with Crippen LogP contribution in [0.2, 0.25) is 0 Å². The van der Waals surface area contributed by atoms with E-state index in [0.717, 1.165) is 38.8 Å². The summed E-state index contributed by atoms with van der Waals surface area (Å²) in [5.74, 6) is 0.130. The number of nitrogens with zero attached hydrogens (tertiary/aromatic N) is 5. The highest BCUT2D eigenvalue weighted by Crippen LogP contribution is 2.30. The van der Waals surface area contributed by atoms with E-state index in [4.69, 9.17) is 0 Å². The van der Waals surface area contributed by atoms with Crippen LogP contribution in [0.3, 0.4) is 0 Å². The largest absolute Gasteiger partial charge is 0.337 e. The first-order valence-corrected chi connectivity index (χ1v) is 9.05. The maximum absolute atomic E-state index is 12.8. The summed E-state index contributed by atoms with van der Waals surface area (Å²) in [6.07, 6.45) is 11.2. The molecule has 0 radical (unpaired) electrons. The Morgan fingerprint density at radius 3 is 3.12 bits per heavy atom. The number of fused-ring (bicyclic) bond motifs is 1. The van der Waals surface area contributed by atoms with Gasteiger partial charge in [-0.3, -0.25) is 14.7 Å². The number of nitrogens with one attached hydrogen (secondary N) is 1.